The number of hydrogen-bond acceptors (Lipinski definition) is 6. The van der Waals surface area contributed by atoms with Gasteiger partial charge in [-0.1, -0.05) is 22.9 Å². The van der Waals surface area contributed by atoms with E-state index in [4.69, 9.17) is 21.1 Å². The maximum absolute atomic E-state index is 6.01. The van der Waals surface area contributed by atoms with E-state index in [0.717, 1.165) is 21.3 Å². The quantitative estimate of drug-likeness (QED) is 0.540. The summed E-state index contributed by atoms with van der Waals surface area (Å²) < 4.78 is 10.9. The summed E-state index contributed by atoms with van der Waals surface area (Å²) in [6, 6.07) is 11.0. The van der Waals surface area contributed by atoms with Crippen LogP contribution < -0.4 is 9.47 Å². The van der Waals surface area contributed by atoms with E-state index >= 15 is 0 Å². The molecule has 23 heavy (non-hydrogen) atoms. The van der Waals surface area contributed by atoms with Crippen LogP contribution in [-0.2, 0) is 0 Å². The average Bonchev–Trinajstić information content (AvgIpc) is 2.95. The molecule has 3 heterocycles. The highest BCUT2D eigenvalue weighted by molar-refractivity contribution is 7.19. The summed E-state index contributed by atoms with van der Waals surface area (Å²) in [6.45, 7) is 0. The molecule has 4 rings (SSSR count). The highest BCUT2D eigenvalue weighted by atomic mass is 35.5. The van der Waals surface area contributed by atoms with Gasteiger partial charge in [0.1, 0.15) is 11.3 Å². The maximum Gasteiger partial charge on any atom is 0.281 e. The molecule has 0 bridgehead atoms. The molecular weight excluding hydrogens is 334 g/mol. The van der Waals surface area contributed by atoms with Crippen LogP contribution in [0.2, 0.25) is 5.02 Å². The largest absolute Gasteiger partial charge is 0.481 e. The fourth-order valence-corrected chi connectivity index (χ4v) is 3.16. The third kappa shape index (κ3) is 2.78. The number of hydrogen-bond donors (Lipinski definition) is 0. The Hall–Kier alpha value is -2.44. The molecule has 114 valence electrons. The lowest BCUT2D eigenvalue weighted by Gasteiger charge is -2.03. The van der Waals surface area contributed by atoms with Crippen LogP contribution in [0.25, 0.3) is 21.3 Å². The van der Waals surface area contributed by atoms with Crippen molar-refractivity contribution in [3.05, 3.63) is 47.6 Å². The monoisotopic (exact) mass is 343 g/mol. The van der Waals surface area contributed by atoms with Gasteiger partial charge < -0.3 is 9.47 Å². The lowest BCUT2D eigenvalue weighted by molar-refractivity contribution is 0.400. The molecule has 0 unspecified atom stereocenters. The van der Waals surface area contributed by atoms with E-state index in [1.807, 2.05) is 30.3 Å². The first-order valence-corrected chi connectivity index (χ1v) is 7.95. The third-order valence-electron chi connectivity index (χ3n) is 3.24. The zero-order chi connectivity index (χ0) is 15.8. The van der Waals surface area contributed by atoms with Crippen LogP contribution in [-0.4, -0.2) is 22.1 Å². The summed E-state index contributed by atoms with van der Waals surface area (Å²) in [5.74, 6) is 1.15. The molecule has 3 aromatic heterocycles. The van der Waals surface area contributed by atoms with Gasteiger partial charge in [-0.25, -0.2) is 9.97 Å². The molecule has 5 nitrogen and oxygen atoms in total. The van der Waals surface area contributed by atoms with Crippen molar-refractivity contribution in [2.75, 3.05) is 7.11 Å². The normalized spacial score (nSPS) is 11.0. The van der Waals surface area contributed by atoms with Crippen molar-refractivity contribution in [3.63, 3.8) is 0 Å². The van der Waals surface area contributed by atoms with Crippen molar-refractivity contribution >= 4 is 44.2 Å². The second-order valence-corrected chi connectivity index (χ2v) is 6.14. The molecule has 0 N–H and O–H groups in total. The van der Waals surface area contributed by atoms with Crippen LogP contribution in [0.15, 0.2) is 42.6 Å². The topological polar surface area (TPSA) is 57.1 Å². The Kier molecular flexibility index (Phi) is 3.48. The van der Waals surface area contributed by atoms with E-state index in [0.29, 0.717) is 21.8 Å². The maximum atomic E-state index is 6.01. The first-order chi connectivity index (χ1) is 11.2. The molecule has 0 aliphatic rings. The number of methoxy groups -OCH3 is 1. The molecule has 7 heteroatoms. The molecule has 0 spiro atoms. The highest BCUT2D eigenvalue weighted by Gasteiger charge is 2.09. The van der Waals surface area contributed by atoms with Crippen molar-refractivity contribution in [1.82, 2.24) is 15.0 Å². The smallest absolute Gasteiger partial charge is 0.281 e. The van der Waals surface area contributed by atoms with Gasteiger partial charge in [0.15, 0.2) is 4.83 Å². The Balaban J connectivity index is 1.69. The van der Waals surface area contributed by atoms with Gasteiger partial charge in [0.2, 0.25) is 5.88 Å². The number of nitrogens with zero attached hydrogens (tertiary/aromatic N) is 3. The molecule has 1 aromatic carbocycles. The van der Waals surface area contributed by atoms with Gasteiger partial charge in [0.25, 0.3) is 5.19 Å². The number of benzene rings is 1. The van der Waals surface area contributed by atoms with Gasteiger partial charge in [-0.05, 0) is 30.3 Å². The molecule has 0 amide bonds. The number of fused-ring (bicyclic) bond motifs is 2. The van der Waals surface area contributed by atoms with Crippen molar-refractivity contribution in [1.29, 1.82) is 0 Å². The van der Waals surface area contributed by atoms with Crippen LogP contribution in [0.3, 0.4) is 0 Å². The number of thiazole rings is 1. The first kappa shape index (κ1) is 14.2. The van der Waals surface area contributed by atoms with Crippen molar-refractivity contribution in [2.45, 2.75) is 0 Å². The summed E-state index contributed by atoms with van der Waals surface area (Å²) in [4.78, 5) is 13.9. The molecule has 0 aliphatic carbocycles. The second kappa shape index (κ2) is 5.64. The standard InChI is InChI=1S/C16H10ClN3O2S/c1-21-14-5-4-13-15(20-14)23-16(19-13)22-11-7-9-6-10(17)2-3-12(9)18-8-11/h2-8H,1H3. The van der Waals surface area contributed by atoms with Crippen LogP contribution in [0, 0.1) is 0 Å². The minimum absolute atomic E-state index is 0.504. The number of halogens is 1. The summed E-state index contributed by atoms with van der Waals surface area (Å²) in [6.07, 6.45) is 1.66. The predicted octanol–water partition coefficient (Wildman–Crippen LogP) is 4.69. The molecule has 0 atom stereocenters. The molecule has 0 aliphatic heterocycles. The van der Waals surface area contributed by atoms with Crippen molar-refractivity contribution in [3.8, 4) is 16.8 Å². The van der Waals surface area contributed by atoms with E-state index in [9.17, 15) is 0 Å². The number of aromatic nitrogens is 3. The summed E-state index contributed by atoms with van der Waals surface area (Å²) in [5.41, 5.74) is 1.63. The summed E-state index contributed by atoms with van der Waals surface area (Å²) in [7, 11) is 1.58. The molecular formula is C16H10ClN3O2S. The lowest BCUT2D eigenvalue weighted by atomic mass is 10.2. The van der Waals surface area contributed by atoms with Gasteiger partial charge in [0.05, 0.1) is 18.8 Å². The summed E-state index contributed by atoms with van der Waals surface area (Å²) >= 11 is 7.37. The van der Waals surface area contributed by atoms with Gasteiger partial charge in [-0.15, -0.1) is 0 Å². The molecule has 0 fully saturated rings. The van der Waals surface area contributed by atoms with Gasteiger partial charge in [0, 0.05) is 16.5 Å². The number of pyridine rings is 2. The van der Waals surface area contributed by atoms with Gasteiger partial charge >= 0.3 is 0 Å². The zero-order valence-electron chi connectivity index (χ0n) is 12.0. The van der Waals surface area contributed by atoms with Crippen LogP contribution in [0.4, 0.5) is 0 Å². The van der Waals surface area contributed by atoms with Crippen molar-refractivity contribution in [2.24, 2.45) is 0 Å². The Morgan fingerprint density at radius 2 is 1.91 bits per heavy atom. The first-order valence-electron chi connectivity index (χ1n) is 6.76. The van der Waals surface area contributed by atoms with E-state index < -0.39 is 0 Å². The fraction of sp³-hybridized carbons (Fsp3) is 0.0625. The van der Waals surface area contributed by atoms with Crippen LogP contribution >= 0.6 is 22.9 Å². The Morgan fingerprint density at radius 3 is 2.78 bits per heavy atom. The Morgan fingerprint density at radius 1 is 1.04 bits per heavy atom. The number of ether oxygens (including phenoxy) is 2. The molecule has 0 radical (unpaired) electrons. The molecule has 4 aromatic rings. The van der Waals surface area contributed by atoms with Crippen LogP contribution in [0.1, 0.15) is 0 Å². The predicted molar refractivity (Wildman–Crippen MR) is 90.8 cm³/mol. The fourth-order valence-electron chi connectivity index (χ4n) is 2.18. The van der Waals surface area contributed by atoms with Gasteiger partial charge in [-0.2, -0.15) is 0 Å². The van der Waals surface area contributed by atoms with E-state index in [2.05, 4.69) is 15.0 Å². The Bertz CT molecular complexity index is 1020. The minimum atomic E-state index is 0.504. The number of rotatable bonds is 3. The second-order valence-electron chi connectivity index (χ2n) is 4.77. The third-order valence-corrected chi connectivity index (χ3v) is 4.32. The Labute approximate surface area is 140 Å². The lowest BCUT2D eigenvalue weighted by Crippen LogP contribution is -1.86. The van der Waals surface area contributed by atoms with E-state index in [-0.39, 0.29) is 0 Å². The SMILES string of the molecule is COc1ccc2nc(Oc3cnc4ccc(Cl)cc4c3)sc2n1. The van der Waals surface area contributed by atoms with Crippen molar-refractivity contribution < 1.29 is 9.47 Å². The molecule has 0 saturated carbocycles. The zero-order valence-corrected chi connectivity index (χ0v) is 13.6. The summed E-state index contributed by atoms with van der Waals surface area (Å²) in [5, 5.41) is 2.08. The van der Waals surface area contributed by atoms with E-state index in [1.54, 1.807) is 19.4 Å². The van der Waals surface area contributed by atoms with Crippen LogP contribution in [0.5, 0.6) is 16.8 Å². The minimum Gasteiger partial charge on any atom is -0.481 e. The molecule has 0 saturated heterocycles. The van der Waals surface area contributed by atoms with E-state index in [1.165, 1.54) is 11.3 Å². The van der Waals surface area contributed by atoms with Gasteiger partial charge in [-0.3, -0.25) is 4.98 Å². The average molecular weight is 344 g/mol. The highest BCUT2D eigenvalue weighted by Crippen LogP contribution is 2.32.